The molecule has 0 aliphatic heterocycles. The highest BCUT2D eigenvalue weighted by Gasteiger charge is 2.13. The summed E-state index contributed by atoms with van der Waals surface area (Å²) in [6, 6.07) is 3.46. The van der Waals surface area contributed by atoms with Crippen LogP contribution in [0.2, 0.25) is 0 Å². The molecule has 0 saturated heterocycles. The molecule has 0 amide bonds. The van der Waals surface area contributed by atoms with E-state index in [2.05, 4.69) is 0 Å². The topological polar surface area (TPSA) is 46.5 Å². The molecule has 1 N–H and O–H groups in total. The largest absolute Gasteiger partial charge is 0.504 e. The molecule has 0 bridgehead atoms. The molecule has 0 fully saturated rings. The van der Waals surface area contributed by atoms with Gasteiger partial charge in [0.1, 0.15) is 6.29 Å². The lowest BCUT2D eigenvalue weighted by Crippen LogP contribution is -2.00. The van der Waals surface area contributed by atoms with E-state index in [0.29, 0.717) is 5.75 Å². The Morgan fingerprint density at radius 2 is 2.20 bits per heavy atom. The monoisotopic (exact) mass is 204 g/mol. The number of methoxy groups -OCH3 is 1. The number of aldehydes is 1. The van der Waals surface area contributed by atoms with Crippen LogP contribution in [0.3, 0.4) is 0 Å². The highest BCUT2D eigenvalue weighted by atomic mass is 16.5. The zero-order valence-corrected chi connectivity index (χ0v) is 8.49. The predicted octanol–water partition coefficient (Wildman–Crippen LogP) is 1.93. The minimum absolute atomic E-state index is 0.111. The smallest absolute Gasteiger partial charge is 0.160 e. The van der Waals surface area contributed by atoms with Crippen molar-refractivity contribution in [2.45, 2.75) is 12.8 Å². The third-order valence-corrected chi connectivity index (χ3v) is 2.62. The number of carbonyl (C=O) groups excluding carboxylic acids is 1. The zero-order chi connectivity index (χ0) is 10.8. The highest BCUT2D eigenvalue weighted by Crippen LogP contribution is 2.33. The lowest BCUT2D eigenvalue weighted by atomic mass is 9.92. The van der Waals surface area contributed by atoms with Crippen LogP contribution in [0, 0.1) is 0 Å². The fourth-order valence-electron chi connectivity index (χ4n) is 1.78. The van der Waals surface area contributed by atoms with E-state index in [1.165, 1.54) is 7.11 Å². The molecule has 0 atom stereocenters. The lowest BCUT2D eigenvalue weighted by molar-refractivity contribution is -0.105. The molecule has 1 aliphatic rings. The van der Waals surface area contributed by atoms with Crippen molar-refractivity contribution in [1.29, 1.82) is 0 Å². The number of aromatic hydroxyl groups is 1. The van der Waals surface area contributed by atoms with Crippen molar-refractivity contribution < 1.29 is 14.6 Å². The molecule has 2 rings (SSSR count). The normalized spacial score (nSPS) is 14.1. The molecule has 0 unspecified atom stereocenters. The number of allylic oxidation sites excluding steroid dienone is 1. The summed E-state index contributed by atoms with van der Waals surface area (Å²) in [6.07, 6.45) is 4.25. The van der Waals surface area contributed by atoms with E-state index in [1.54, 1.807) is 6.07 Å². The third-order valence-electron chi connectivity index (χ3n) is 2.62. The maximum Gasteiger partial charge on any atom is 0.160 e. The van der Waals surface area contributed by atoms with E-state index in [0.717, 1.165) is 35.8 Å². The van der Waals surface area contributed by atoms with Gasteiger partial charge in [0.2, 0.25) is 0 Å². The Kier molecular flexibility index (Phi) is 2.46. The predicted molar refractivity (Wildman–Crippen MR) is 57.0 cm³/mol. The van der Waals surface area contributed by atoms with E-state index in [4.69, 9.17) is 4.74 Å². The molecule has 0 saturated carbocycles. The molecule has 1 aliphatic carbocycles. The van der Waals surface area contributed by atoms with Gasteiger partial charge in [0, 0.05) is 0 Å². The van der Waals surface area contributed by atoms with Gasteiger partial charge in [-0.15, -0.1) is 0 Å². The number of hydrogen-bond donors (Lipinski definition) is 1. The molecule has 3 nitrogen and oxygen atoms in total. The average molecular weight is 204 g/mol. The highest BCUT2D eigenvalue weighted by molar-refractivity contribution is 5.84. The summed E-state index contributed by atoms with van der Waals surface area (Å²) in [4.78, 5) is 10.6. The van der Waals surface area contributed by atoms with Crippen LogP contribution in [0.4, 0.5) is 0 Å². The van der Waals surface area contributed by atoms with Gasteiger partial charge >= 0.3 is 0 Å². The van der Waals surface area contributed by atoms with E-state index < -0.39 is 0 Å². The molecular formula is C12H12O3. The summed E-state index contributed by atoms with van der Waals surface area (Å²) < 4.78 is 5.02. The molecule has 0 aromatic heterocycles. The van der Waals surface area contributed by atoms with Gasteiger partial charge in [0.15, 0.2) is 11.5 Å². The minimum atomic E-state index is 0.111. The number of ether oxygens (including phenoxy) is 1. The first-order valence-electron chi connectivity index (χ1n) is 4.80. The first-order chi connectivity index (χ1) is 7.24. The van der Waals surface area contributed by atoms with Gasteiger partial charge in [-0.05, 0) is 47.8 Å². The average Bonchev–Trinajstić information content (AvgIpc) is 2.27. The lowest BCUT2D eigenvalue weighted by Gasteiger charge is -2.15. The molecular weight excluding hydrogens is 192 g/mol. The fraction of sp³-hybridized carbons (Fsp3) is 0.250. The number of phenolic OH excluding ortho intramolecular Hbond substituents is 1. The second-order valence-electron chi connectivity index (χ2n) is 3.56. The number of benzene rings is 1. The molecule has 15 heavy (non-hydrogen) atoms. The van der Waals surface area contributed by atoms with Crippen LogP contribution in [0.15, 0.2) is 17.7 Å². The van der Waals surface area contributed by atoms with Crippen molar-refractivity contribution >= 4 is 12.4 Å². The van der Waals surface area contributed by atoms with Crippen LogP contribution in [0.25, 0.3) is 6.08 Å². The van der Waals surface area contributed by atoms with Crippen molar-refractivity contribution in [3.8, 4) is 11.5 Å². The summed E-state index contributed by atoms with van der Waals surface area (Å²) in [6.45, 7) is 0. The van der Waals surface area contributed by atoms with Crippen LogP contribution in [0.5, 0.6) is 11.5 Å². The maximum absolute atomic E-state index is 10.6. The van der Waals surface area contributed by atoms with Gasteiger partial charge < -0.3 is 9.84 Å². The standard InChI is InChI=1S/C12H12O3/c1-15-12-6-9-3-2-8(7-13)4-10(9)5-11(12)14/h4-7,14H,2-3H2,1H3. The van der Waals surface area contributed by atoms with Gasteiger partial charge in [0.25, 0.3) is 0 Å². The van der Waals surface area contributed by atoms with E-state index in [-0.39, 0.29) is 5.75 Å². The zero-order valence-electron chi connectivity index (χ0n) is 8.49. The number of carbonyl (C=O) groups is 1. The molecule has 0 spiro atoms. The Balaban J connectivity index is 2.50. The van der Waals surface area contributed by atoms with Crippen molar-refractivity contribution in [3.05, 3.63) is 28.8 Å². The van der Waals surface area contributed by atoms with Gasteiger partial charge in [-0.2, -0.15) is 0 Å². The number of aryl methyl sites for hydroxylation is 1. The van der Waals surface area contributed by atoms with E-state index in [1.807, 2.05) is 12.1 Å². The van der Waals surface area contributed by atoms with Gasteiger partial charge in [-0.1, -0.05) is 0 Å². The van der Waals surface area contributed by atoms with Crippen molar-refractivity contribution in [2.24, 2.45) is 0 Å². The third kappa shape index (κ3) is 1.73. The Hall–Kier alpha value is -1.77. The number of rotatable bonds is 2. The first kappa shape index (κ1) is 9.77. The van der Waals surface area contributed by atoms with Crippen LogP contribution >= 0.6 is 0 Å². The van der Waals surface area contributed by atoms with Gasteiger partial charge in [0.05, 0.1) is 7.11 Å². The molecule has 78 valence electrons. The molecule has 0 radical (unpaired) electrons. The SMILES string of the molecule is COc1cc2c(cc1O)C=C(C=O)CC2. The summed E-state index contributed by atoms with van der Waals surface area (Å²) in [5.41, 5.74) is 2.78. The second-order valence-corrected chi connectivity index (χ2v) is 3.56. The van der Waals surface area contributed by atoms with Crippen LogP contribution in [-0.4, -0.2) is 18.5 Å². The summed E-state index contributed by atoms with van der Waals surface area (Å²) in [7, 11) is 1.52. The number of phenols is 1. The minimum Gasteiger partial charge on any atom is -0.504 e. The van der Waals surface area contributed by atoms with Crippen LogP contribution in [0.1, 0.15) is 17.5 Å². The Labute approximate surface area is 88.0 Å². The van der Waals surface area contributed by atoms with Crippen molar-refractivity contribution in [2.75, 3.05) is 7.11 Å². The van der Waals surface area contributed by atoms with Crippen molar-refractivity contribution in [3.63, 3.8) is 0 Å². The summed E-state index contributed by atoms with van der Waals surface area (Å²) in [5, 5.41) is 9.58. The molecule has 3 heteroatoms. The second kappa shape index (κ2) is 3.77. The summed E-state index contributed by atoms with van der Waals surface area (Å²) in [5.74, 6) is 0.594. The Morgan fingerprint density at radius 3 is 2.87 bits per heavy atom. The first-order valence-corrected chi connectivity index (χ1v) is 4.80. The van der Waals surface area contributed by atoms with Gasteiger partial charge in [-0.25, -0.2) is 0 Å². The van der Waals surface area contributed by atoms with E-state index in [9.17, 15) is 9.90 Å². The maximum atomic E-state index is 10.6. The van der Waals surface area contributed by atoms with Crippen LogP contribution < -0.4 is 4.74 Å². The Bertz CT molecular complexity index is 433. The number of hydrogen-bond acceptors (Lipinski definition) is 3. The number of fused-ring (bicyclic) bond motifs is 1. The quantitative estimate of drug-likeness (QED) is 0.749. The van der Waals surface area contributed by atoms with E-state index >= 15 is 0 Å². The van der Waals surface area contributed by atoms with Gasteiger partial charge in [-0.3, -0.25) is 4.79 Å². The summed E-state index contributed by atoms with van der Waals surface area (Å²) >= 11 is 0. The molecule has 0 heterocycles. The fourth-order valence-corrected chi connectivity index (χ4v) is 1.78. The molecule has 1 aromatic rings. The van der Waals surface area contributed by atoms with Crippen molar-refractivity contribution in [1.82, 2.24) is 0 Å². The molecule has 1 aromatic carbocycles. The Morgan fingerprint density at radius 1 is 1.40 bits per heavy atom. The van der Waals surface area contributed by atoms with Crippen LogP contribution in [-0.2, 0) is 11.2 Å².